The van der Waals surface area contributed by atoms with Crippen LogP contribution in [0, 0.1) is 0 Å². The van der Waals surface area contributed by atoms with Gasteiger partial charge in [0.25, 0.3) is 5.56 Å². The normalized spacial score (nSPS) is 11.9. The summed E-state index contributed by atoms with van der Waals surface area (Å²) < 4.78 is 14.1. The second-order valence-electron chi connectivity index (χ2n) is 12.1. The summed E-state index contributed by atoms with van der Waals surface area (Å²) in [4.78, 5) is 14.1. The lowest BCUT2D eigenvalue weighted by Gasteiger charge is -2.15. The van der Waals surface area contributed by atoms with Crippen LogP contribution in [-0.4, -0.2) is 4.57 Å². The molecular weight excluding hydrogens is 578 g/mol. The third-order valence-corrected chi connectivity index (χ3v) is 9.44. The number of furan rings is 2. The molecule has 4 nitrogen and oxygen atoms in total. The van der Waals surface area contributed by atoms with Crippen molar-refractivity contribution in [2.45, 2.75) is 0 Å². The molecule has 0 aliphatic rings. The largest absolute Gasteiger partial charge is 0.456 e. The molecule has 3 heterocycles. The van der Waals surface area contributed by atoms with Gasteiger partial charge in [0.2, 0.25) is 0 Å². The molecule has 0 saturated carbocycles. The molecule has 10 aromatic rings. The van der Waals surface area contributed by atoms with Gasteiger partial charge in [-0.15, -0.1) is 0 Å². The number of hydrogen-bond acceptors (Lipinski definition) is 3. The highest BCUT2D eigenvalue weighted by Gasteiger charge is 2.15. The Hall–Kier alpha value is -6.39. The monoisotopic (exact) mass is 603 g/mol. The lowest BCUT2D eigenvalue weighted by atomic mass is 9.98. The smallest absolute Gasteiger partial charge is 0.263 e. The van der Waals surface area contributed by atoms with Crippen molar-refractivity contribution in [1.82, 2.24) is 4.57 Å². The second kappa shape index (κ2) is 9.80. The fourth-order valence-electron chi connectivity index (χ4n) is 7.13. The van der Waals surface area contributed by atoms with Gasteiger partial charge in [-0.05, 0) is 94.4 Å². The summed E-state index contributed by atoms with van der Waals surface area (Å²) >= 11 is 0. The summed E-state index contributed by atoms with van der Waals surface area (Å²) in [6.45, 7) is 0. The number of nitrogens with zero attached hydrogens (tertiary/aromatic N) is 1. The minimum absolute atomic E-state index is 0.0384. The van der Waals surface area contributed by atoms with Crippen LogP contribution in [0.4, 0.5) is 0 Å². The Labute approximate surface area is 268 Å². The van der Waals surface area contributed by atoms with Crippen LogP contribution in [0.1, 0.15) is 0 Å². The van der Waals surface area contributed by atoms with Crippen molar-refractivity contribution in [2.24, 2.45) is 0 Å². The van der Waals surface area contributed by atoms with Gasteiger partial charge in [-0.3, -0.25) is 9.36 Å². The Bertz CT molecular complexity index is 2920. The highest BCUT2D eigenvalue weighted by atomic mass is 16.3. The number of rotatable bonds is 3. The van der Waals surface area contributed by atoms with Crippen LogP contribution < -0.4 is 5.56 Å². The average Bonchev–Trinajstić information content (AvgIpc) is 3.69. The molecule has 0 aliphatic heterocycles. The molecule has 0 aliphatic carbocycles. The molecule has 10 rings (SSSR count). The fraction of sp³-hybridized carbons (Fsp3) is 0. The molecule has 0 radical (unpaired) electrons. The fourth-order valence-corrected chi connectivity index (χ4v) is 7.13. The van der Waals surface area contributed by atoms with Crippen LogP contribution in [0.2, 0.25) is 0 Å². The van der Waals surface area contributed by atoms with E-state index in [4.69, 9.17) is 8.83 Å². The zero-order valence-corrected chi connectivity index (χ0v) is 25.1. The topological polar surface area (TPSA) is 48.3 Å². The number of fused-ring (bicyclic) bond motifs is 9. The van der Waals surface area contributed by atoms with Gasteiger partial charge in [0.15, 0.2) is 0 Å². The molecule has 0 unspecified atom stereocenters. The van der Waals surface area contributed by atoms with Crippen LogP contribution in [0.25, 0.3) is 93.5 Å². The van der Waals surface area contributed by atoms with Crippen LogP contribution >= 0.6 is 0 Å². The summed E-state index contributed by atoms with van der Waals surface area (Å²) in [5, 5.41) is 7.05. The van der Waals surface area contributed by atoms with Gasteiger partial charge in [0, 0.05) is 38.0 Å². The first-order valence-electron chi connectivity index (χ1n) is 15.7. The van der Waals surface area contributed by atoms with Crippen molar-refractivity contribution in [3.63, 3.8) is 0 Å². The summed E-state index contributed by atoms with van der Waals surface area (Å²) in [7, 11) is 0. The molecule has 0 spiro atoms. The maximum atomic E-state index is 14.1. The van der Waals surface area contributed by atoms with E-state index in [0.29, 0.717) is 5.39 Å². The molecule has 0 amide bonds. The van der Waals surface area contributed by atoms with Crippen molar-refractivity contribution in [3.8, 4) is 27.9 Å². The number of para-hydroxylation sites is 2. The van der Waals surface area contributed by atoms with E-state index in [2.05, 4.69) is 72.8 Å². The molecular formula is C43H25NO3. The van der Waals surface area contributed by atoms with Crippen molar-refractivity contribution >= 4 is 65.6 Å². The quantitative estimate of drug-likeness (QED) is 0.189. The van der Waals surface area contributed by atoms with Gasteiger partial charge in [-0.1, -0.05) is 84.9 Å². The Morgan fingerprint density at radius 3 is 1.66 bits per heavy atom. The van der Waals surface area contributed by atoms with Gasteiger partial charge >= 0.3 is 0 Å². The molecule has 220 valence electrons. The van der Waals surface area contributed by atoms with Crippen molar-refractivity contribution < 1.29 is 8.83 Å². The average molecular weight is 604 g/mol. The number of hydrogen-bond donors (Lipinski definition) is 0. The van der Waals surface area contributed by atoms with E-state index < -0.39 is 0 Å². The van der Waals surface area contributed by atoms with E-state index in [9.17, 15) is 4.79 Å². The first-order chi connectivity index (χ1) is 23.2. The van der Waals surface area contributed by atoms with Gasteiger partial charge in [0.05, 0.1) is 5.52 Å². The Morgan fingerprint density at radius 2 is 0.872 bits per heavy atom. The van der Waals surface area contributed by atoms with Gasteiger partial charge in [-0.2, -0.15) is 0 Å². The van der Waals surface area contributed by atoms with Crippen molar-refractivity contribution in [2.75, 3.05) is 0 Å². The molecule has 0 bridgehead atoms. The standard InChI is InChI=1S/C43H25NO3/c45-43-35-10-2-1-7-31(35)36-23-28(29-15-20-34-32-8-3-5-11-39(32)47-42(34)25-29)16-21-38(36)44(43)30-18-13-26(14-19-30)27-17-22-41-37(24-27)33-9-4-6-12-40(33)46-41/h1-25H. The molecule has 0 N–H and O–H groups in total. The molecule has 0 atom stereocenters. The third-order valence-electron chi connectivity index (χ3n) is 9.44. The van der Waals surface area contributed by atoms with Crippen molar-refractivity contribution in [3.05, 3.63) is 162 Å². The summed E-state index contributed by atoms with van der Waals surface area (Å²) in [5.74, 6) is 0. The van der Waals surface area contributed by atoms with Crippen LogP contribution in [-0.2, 0) is 0 Å². The van der Waals surface area contributed by atoms with E-state index in [-0.39, 0.29) is 5.56 Å². The zero-order valence-electron chi connectivity index (χ0n) is 25.1. The second-order valence-corrected chi connectivity index (χ2v) is 12.1. The van der Waals surface area contributed by atoms with Crippen LogP contribution in [0.15, 0.2) is 165 Å². The highest BCUT2D eigenvalue weighted by molar-refractivity contribution is 6.09. The molecule has 47 heavy (non-hydrogen) atoms. The Balaban J connectivity index is 1.11. The molecule has 4 heteroatoms. The van der Waals surface area contributed by atoms with Gasteiger partial charge in [0.1, 0.15) is 22.3 Å². The Kier molecular flexibility index (Phi) is 5.40. The zero-order chi connectivity index (χ0) is 31.1. The lowest BCUT2D eigenvalue weighted by Crippen LogP contribution is -2.19. The maximum Gasteiger partial charge on any atom is 0.263 e. The SMILES string of the molecule is O=c1c2ccccc2c2cc(-c3ccc4c(c3)oc3ccccc34)ccc2n1-c1ccc(-c2ccc3oc4ccccc4c3c2)cc1. The first-order valence-corrected chi connectivity index (χ1v) is 15.7. The minimum atomic E-state index is -0.0384. The predicted octanol–water partition coefficient (Wildman–Crippen LogP) is 11.3. The molecule has 3 aromatic heterocycles. The van der Waals surface area contributed by atoms with Crippen LogP contribution in [0.5, 0.6) is 0 Å². The number of pyridine rings is 1. The first kappa shape index (κ1) is 25.9. The molecule has 7 aromatic carbocycles. The predicted molar refractivity (Wildman–Crippen MR) is 192 cm³/mol. The lowest BCUT2D eigenvalue weighted by molar-refractivity contribution is 0.668. The van der Waals surface area contributed by atoms with Gasteiger partial charge in [-0.25, -0.2) is 0 Å². The van der Waals surface area contributed by atoms with Gasteiger partial charge < -0.3 is 8.83 Å². The maximum absolute atomic E-state index is 14.1. The number of aromatic nitrogens is 1. The van der Waals surface area contributed by atoms with E-state index in [1.165, 1.54) is 0 Å². The van der Waals surface area contributed by atoms with E-state index in [1.54, 1.807) is 0 Å². The molecule has 0 fully saturated rings. The Morgan fingerprint density at radius 1 is 0.362 bits per heavy atom. The van der Waals surface area contributed by atoms with E-state index >= 15 is 0 Å². The van der Waals surface area contributed by atoms with Crippen molar-refractivity contribution in [1.29, 1.82) is 0 Å². The summed E-state index contributed by atoms with van der Waals surface area (Å²) in [5.41, 5.74) is 9.44. The number of benzene rings is 7. The van der Waals surface area contributed by atoms with Crippen LogP contribution in [0.3, 0.4) is 0 Å². The molecule has 0 saturated heterocycles. The van der Waals surface area contributed by atoms with E-state index in [1.807, 2.05) is 83.4 Å². The summed E-state index contributed by atoms with van der Waals surface area (Å²) in [6, 6.07) is 51.4. The third kappa shape index (κ3) is 3.92. The summed E-state index contributed by atoms with van der Waals surface area (Å²) in [6.07, 6.45) is 0. The highest BCUT2D eigenvalue weighted by Crippen LogP contribution is 2.36. The minimum Gasteiger partial charge on any atom is -0.456 e. The van der Waals surface area contributed by atoms with E-state index in [0.717, 1.165) is 88.1 Å².